The summed E-state index contributed by atoms with van der Waals surface area (Å²) >= 11 is 0. The molecule has 1 N–H and O–H groups in total. The smallest absolute Gasteiger partial charge is 0.313 e. The molecule has 3 unspecified atom stereocenters. The Morgan fingerprint density at radius 1 is 1.25 bits per heavy atom. The molecule has 5 nitrogen and oxygen atoms in total. The molecule has 3 fully saturated rings. The van der Waals surface area contributed by atoms with Gasteiger partial charge in [0.1, 0.15) is 5.41 Å². The van der Waals surface area contributed by atoms with E-state index in [0.717, 1.165) is 38.8 Å². The van der Waals surface area contributed by atoms with Gasteiger partial charge in [-0.2, -0.15) is 0 Å². The number of carbonyl (C=O) groups is 1. The molecule has 5 heteroatoms. The molecule has 2 aliphatic heterocycles. The summed E-state index contributed by atoms with van der Waals surface area (Å²) in [6.07, 6.45) is 6.63. The van der Waals surface area contributed by atoms with Gasteiger partial charge in [0.15, 0.2) is 0 Å². The number of carboxylic acid groups (broad SMARTS) is 1. The number of rotatable bonds is 3. The van der Waals surface area contributed by atoms with E-state index in [2.05, 4.69) is 4.90 Å². The van der Waals surface area contributed by atoms with Gasteiger partial charge in [-0.05, 0) is 25.7 Å². The van der Waals surface area contributed by atoms with Gasteiger partial charge in [-0.15, -0.1) is 0 Å². The van der Waals surface area contributed by atoms with Crippen LogP contribution < -0.4 is 0 Å². The van der Waals surface area contributed by atoms with Crippen LogP contribution in [0.4, 0.5) is 0 Å². The predicted molar refractivity (Wildman–Crippen MR) is 73.7 cm³/mol. The highest BCUT2D eigenvalue weighted by Crippen LogP contribution is 2.35. The minimum atomic E-state index is -0.711. The number of fused-ring (bicyclic) bond motifs is 1. The predicted octanol–water partition coefficient (Wildman–Crippen LogP) is 1.51. The van der Waals surface area contributed by atoms with Gasteiger partial charge in [-0.3, -0.25) is 9.69 Å². The quantitative estimate of drug-likeness (QED) is 0.851. The summed E-state index contributed by atoms with van der Waals surface area (Å²) in [5, 5.41) is 9.68. The van der Waals surface area contributed by atoms with E-state index in [9.17, 15) is 9.90 Å². The SMILES string of the molecule is O=C(O)C1(CN2CCOC3CCCCC32)CCCOC1. The molecule has 114 valence electrons. The molecule has 1 saturated carbocycles. The third-order valence-corrected chi connectivity index (χ3v) is 5.13. The number of hydrogen-bond donors (Lipinski definition) is 1. The molecule has 3 aliphatic rings. The molecule has 0 spiro atoms. The van der Waals surface area contributed by atoms with Gasteiger partial charge >= 0.3 is 5.97 Å². The van der Waals surface area contributed by atoms with E-state index in [1.165, 1.54) is 12.8 Å². The first-order chi connectivity index (χ1) is 9.71. The molecule has 2 heterocycles. The lowest BCUT2D eigenvalue weighted by Crippen LogP contribution is -2.58. The molecule has 0 bridgehead atoms. The number of nitrogens with zero attached hydrogens (tertiary/aromatic N) is 1. The molecule has 0 amide bonds. The van der Waals surface area contributed by atoms with Crippen molar-refractivity contribution in [3.63, 3.8) is 0 Å². The second-order valence-corrected chi connectivity index (χ2v) is 6.47. The van der Waals surface area contributed by atoms with Crippen molar-refractivity contribution in [3.05, 3.63) is 0 Å². The average Bonchev–Trinajstić information content (AvgIpc) is 2.48. The van der Waals surface area contributed by atoms with E-state index in [0.29, 0.717) is 31.9 Å². The fourth-order valence-electron chi connectivity index (χ4n) is 3.97. The van der Waals surface area contributed by atoms with Crippen LogP contribution in [0.5, 0.6) is 0 Å². The van der Waals surface area contributed by atoms with Crippen LogP contribution in [0.25, 0.3) is 0 Å². The Morgan fingerprint density at radius 3 is 2.85 bits per heavy atom. The third kappa shape index (κ3) is 2.71. The fraction of sp³-hybridized carbons (Fsp3) is 0.933. The van der Waals surface area contributed by atoms with E-state index < -0.39 is 11.4 Å². The minimum absolute atomic E-state index is 0.313. The Bertz CT molecular complexity index is 352. The van der Waals surface area contributed by atoms with Gasteiger partial charge < -0.3 is 14.6 Å². The van der Waals surface area contributed by atoms with Crippen molar-refractivity contribution in [1.29, 1.82) is 0 Å². The summed E-state index contributed by atoms with van der Waals surface area (Å²) in [4.78, 5) is 14.1. The maximum absolute atomic E-state index is 11.8. The zero-order valence-corrected chi connectivity index (χ0v) is 12.1. The zero-order valence-electron chi connectivity index (χ0n) is 12.1. The first-order valence-corrected chi connectivity index (χ1v) is 7.88. The largest absolute Gasteiger partial charge is 0.481 e. The lowest BCUT2D eigenvalue weighted by atomic mass is 9.80. The van der Waals surface area contributed by atoms with Crippen molar-refractivity contribution in [1.82, 2.24) is 4.90 Å². The third-order valence-electron chi connectivity index (χ3n) is 5.13. The summed E-state index contributed by atoms with van der Waals surface area (Å²) in [5.74, 6) is -0.698. The average molecular weight is 283 g/mol. The van der Waals surface area contributed by atoms with Crippen LogP contribution in [0.3, 0.4) is 0 Å². The lowest BCUT2D eigenvalue weighted by molar-refractivity contribution is -0.165. The Balaban J connectivity index is 1.72. The minimum Gasteiger partial charge on any atom is -0.481 e. The summed E-state index contributed by atoms with van der Waals surface area (Å²) in [7, 11) is 0. The zero-order chi connectivity index (χ0) is 14.0. The maximum Gasteiger partial charge on any atom is 0.313 e. The first-order valence-electron chi connectivity index (χ1n) is 7.88. The van der Waals surface area contributed by atoms with Gasteiger partial charge in [0.2, 0.25) is 0 Å². The summed E-state index contributed by atoms with van der Waals surface area (Å²) in [6.45, 7) is 3.27. The van der Waals surface area contributed by atoms with Crippen LogP contribution in [0.2, 0.25) is 0 Å². The van der Waals surface area contributed by atoms with E-state index in [4.69, 9.17) is 9.47 Å². The molecule has 0 aromatic rings. The second-order valence-electron chi connectivity index (χ2n) is 6.47. The van der Waals surface area contributed by atoms with E-state index in [1.54, 1.807) is 0 Å². The number of aliphatic carboxylic acids is 1. The molecule has 20 heavy (non-hydrogen) atoms. The van der Waals surface area contributed by atoms with Crippen LogP contribution in [-0.2, 0) is 14.3 Å². The monoisotopic (exact) mass is 283 g/mol. The van der Waals surface area contributed by atoms with E-state index in [1.807, 2.05) is 0 Å². The summed E-state index contributed by atoms with van der Waals surface area (Å²) < 4.78 is 11.4. The molecular formula is C15H25NO4. The Kier molecular flexibility index (Phi) is 4.29. The Morgan fingerprint density at radius 2 is 2.10 bits per heavy atom. The highest BCUT2D eigenvalue weighted by molar-refractivity contribution is 5.75. The van der Waals surface area contributed by atoms with Crippen molar-refractivity contribution in [2.45, 2.75) is 50.7 Å². The maximum atomic E-state index is 11.8. The Labute approximate surface area is 120 Å². The van der Waals surface area contributed by atoms with Crippen molar-refractivity contribution in [2.75, 3.05) is 32.9 Å². The molecule has 1 aliphatic carbocycles. The normalized spacial score (nSPS) is 39.2. The summed E-state index contributed by atoms with van der Waals surface area (Å²) in [6, 6.07) is 0.413. The fourth-order valence-corrected chi connectivity index (χ4v) is 3.97. The molecule has 3 rings (SSSR count). The van der Waals surface area contributed by atoms with Crippen LogP contribution >= 0.6 is 0 Å². The molecule has 0 aromatic heterocycles. The van der Waals surface area contributed by atoms with Gasteiger partial charge in [-0.1, -0.05) is 12.8 Å². The molecule has 0 aromatic carbocycles. The first kappa shape index (κ1) is 14.3. The highest BCUT2D eigenvalue weighted by atomic mass is 16.5. The van der Waals surface area contributed by atoms with E-state index in [-0.39, 0.29) is 0 Å². The van der Waals surface area contributed by atoms with Gasteiger partial charge in [-0.25, -0.2) is 0 Å². The topological polar surface area (TPSA) is 59.0 Å². The number of morpholine rings is 1. The molecule has 0 radical (unpaired) electrons. The summed E-state index contributed by atoms with van der Waals surface area (Å²) in [5.41, 5.74) is -0.711. The molecular weight excluding hydrogens is 258 g/mol. The van der Waals surface area contributed by atoms with Gasteiger partial charge in [0.05, 0.1) is 19.3 Å². The van der Waals surface area contributed by atoms with Crippen molar-refractivity contribution < 1.29 is 19.4 Å². The number of hydrogen-bond acceptors (Lipinski definition) is 4. The van der Waals surface area contributed by atoms with Crippen molar-refractivity contribution in [3.8, 4) is 0 Å². The molecule has 2 saturated heterocycles. The van der Waals surface area contributed by atoms with Gasteiger partial charge in [0.25, 0.3) is 0 Å². The Hall–Kier alpha value is -0.650. The lowest BCUT2D eigenvalue weighted by Gasteiger charge is -2.47. The number of ether oxygens (including phenoxy) is 2. The van der Waals surface area contributed by atoms with Crippen LogP contribution in [0.15, 0.2) is 0 Å². The van der Waals surface area contributed by atoms with Crippen molar-refractivity contribution in [2.24, 2.45) is 5.41 Å². The van der Waals surface area contributed by atoms with Crippen molar-refractivity contribution >= 4 is 5.97 Å². The van der Waals surface area contributed by atoms with Gasteiger partial charge in [0, 0.05) is 25.7 Å². The van der Waals surface area contributed by atoms with E-state index >= 15 is 0 Å². The van der Waals surface area contributed by atoms with Crippen LogP contribution in [0.1, 0.15) is 38.5 Å². The number of carboxylic acids is 1. The standard InChI is InChI=1S/C15H25NO4/c17-14(18)15(6-3-8-19-11-15)10-16-7-9-20-13-5-2-1-4-12(13)16/h12-13H,1-11H2,(H,17,18). The molecule has 3 atom stereocenters. The van der Waals surface area contributed by atoms with Crippen LogP contribution in [-0.4, -0.2) is 61.0 Å². The highest BCUT2D eigenvalue weighted by Gasteiger charge is 2.45. The second kappa shape index (κ2) is 6.00. The van der Waals surface area contributed by atoms with Crippen LogP contribution in [0, 0.1) is 5.41 Å².